The van der Waals surface area contributed by atoms with Gasteiger partial charge in [0.2, 0.25) is 0 Å². The molecule has 0 aliphatic heterocycles. The molecular formula is C20H13BrF4N4O2. The summed E-state index contributed by atoms with van der Waals surface area (Å²) in [5, 5.41) is 4.82. The minimum absolute atomic E-state index is 0.0401. The van der Waals surface area contributed by atoms with Crippen LogP contribution < -0.4 is 10.6 Å². The second-order valence-corrected chi connectivity index (χ2v) is 7.06. The molecule has 0 spiro atoms. The first-order valence-corrected chi connectivity index (χ1v) is 9.46. The first-order chi connectivity index (χ1) is 14.6. The monoisotopic (exact) mass is 496 g/mol. The normalized spacial score (nSPS) is 11.1. The van der Waals surface area contributed by atoms with Crippen molar-refractivity contribution in [2.75, 3.05) is 5.32 Å². The highest BCUT2D eigenvalue weighted by Gasteiger charge is 2.33. The Balaban J connectivity index is 1.77. The van der Waals surface area contributed by atoms with E-state index in [0.717, 1.165) is 12.1 Å². The highest BCUT2D eigenvalue weighted by Crippen LogP contribution is 2.36. The van der Waals surface area contributed by atoms with Gasteiger partial charge >= 0.3 is 6.18 Å². The average Bonchev–Trinajstić information content (AvgIpc) is 2.73. The number of carbonyl (C=O) groups is 2. The van der Waals surface area contributed by atoms with Crippen LogP contribution in [0.15, 0.2) is 59.3 Å². The van der Waals surface area contributed by atoms with Gasteiger partial charge in [0.15, 0.2) is 11.4 Å². The molecule has 1 aromatic heterocycles. The second-order valence-electron chi connectivity index (χ2n) is 6.21. The molecule has 3 rings (SSSR count). The first-order valence-electron chi connectivity index (χ1n) is 8.67. The van der Waals surface area contributed by atoms with Crippen molar-refractivity contribution in [2.24, 2.45) is 0 Å². The van der Waals surface area contributed by atoms with E-state index in [1.807, 2.05) is 0 Å². The van der Waals surface area contributed by atoms with Crippen molar-refractivity contribution in [3.63, 3.8) is 0 Å². The van der Waals surface area contributed by atoms with E-state index in [9.17, 15) is 27.2 Å². The van der Waals surface area contributed by atoms with Crippen LogP contribution in [-0.2, 0) is 12.7 Å². The van der Waals surface area contributed by atoms with Crippen molar-refractivity contribution in [1.82, 2.24) is 15.3 Å². The number of hydrogen-bond acceptors (Lipinski definition) is 4. The second kappa shape index (κ2) is 9.21. The van der Waals surface area contributed by atoms with Crippen molar-refractivity contribution in [1.29, 1.82) is 0 Å². The molecule has 0 unspecified atom stereocenters. The lowest BCUT2D eigenvalue weighted by Crippen LogP contribution is -2.28. The molecule has 0 aliphatic carbocycles. The quantitative estimate of drug-likeness (QED) is 0.506. The highest BCUT2D eigenvalue weighted by molar-refractivity contribution is 9.10. The molecule has 3 aromatic rings. The number of carbonyl (C=O) groups excluding carboxylic acids is 2. The molecule has 0 atom stereocenters. The van der Waals surface area contributed by atoms with Gasteiger partial charge in [-0.15, -0.1) is 0 Å². The van der Waals surface area contributed by atoms with Gasteiger partial charge in [-0.2, -0.15) is 13.2 Å². The fourth-order valence-corrected chi connectivity index (χ4v) is 3.02. The molecular weight excluding hydrogens is 484 g/mol. The number of alkyl halides is 3. The first kappa shape index (κ1) is 22.3. The van der Waals surface area contributed by atoms with E-state index in [1.165, 1.54) is 42.7 Å². The number of aromatic nitrogens is 2. The van der Waals surface area contributed by atoms with Crippen molar-refractivity contribution < 1.29 is 27.2 Å². The van der Waals surface area contributed by atoms with Crippen LogP contribution >= 0.6 is 15.9 Å². The van der Waals surface area contributed by atoms with Crippen LogP contribution in [0.3, 0.4) is 0 Å². The van der Waals surface area contributed by atoms with Crippen LogP contribution in [0, 0.1) is 5.82 Å². The zero-order chi connectivity index (χ0) is 22.6. The number of amides is 2. The Morgan fingerprint density at radius 3 is 2.16 bits per heavy atom. The summed E-state index contributed by atoms with van der Waals surface area (Å²) in [7, 11) is 0. The molecule has 0 bridgehead atoms. The van der Waals surface area contributed by atoms with Crippen LogP contribution in [-0.4, -0.2) is 21.8 Å². The molecule has 6 nitrogen and oxygen atoms in total. The molecule has 31 heavy (non-hydrogen) atoms. The lowest BCUT2D eigenvalue weighted by molar-refractivity contribution is -0.138. The maximum Gasteiger partial charge on any atom is 0.417 e. The third-order valence-corrected chi connectivity index (χ3v) is 4.72. The van der Waals surface area contributed by atoms with Gasteiger partial charge in [0.25, 0.3) is 11.8 Å². The summed E-state index contributed by atoms with van der Waals surface area (Å²) in [4.78, 5) is 32.7. The predicted molar refractivity (Wildman–Crippen MR) is 107 cm³/mol. The van der Waals surface area contributed by atoms with Gasteiger partial charge in [-0.1, -0.05) is 28.1 Å². The van der Waals surface area contributed by atoms with Crippen LogP contribution in [0.2, 0.25) is 0 Å². The Labute approximate surface area is 181 Å². The minimum Gasteiger partial charge on any atom is -0.347 e. The van der Waals surface area contributed by atoms with Crippen LogP contribution in [0.4, 0.5) is 23.2 Å². The van der Waals surface area contributed by atoms with Crippen molar-refractivity contribution >= 4 is 33.4 Å². The Hall–Kier alpha value is -3.34. The fourth-order valence-electron chi connectivity index (χ4n) is 2.55. The predicted octanol–water partition coefficient (Wildman–Crippen LogP) is 4.58. The third kappa shape index (κ3) is 5.63. The number of nitrogens with zero attached hydrogens (tertiary/aromatic N) is 2. The van der Waals surface area contributed by atoms with Gasteiger partial charge in [-0.25, -0.2) is 14.4 Å². The summed E-state index contributed by atoms with van der Waals surface area (Å²) in [5.41, 5.74) is -1.17. The average molecular weight is 497 g/mol. The number of rotatable bonds is 5. The summed E-state index contributed by atoms with van der Waals surface area (Å²) in [6, 6.07) is 8.59. The number of benzene rings is 2. The number of anilines is 1. The molecule has 11 heteroatoms. The van der Waals surface area contributed by atoms with E-state index in [-0.39, 0.29) is 28.1 Å². The molecule has 0 saturated heterocycles. The van der Waals surface area contributed by atoms with Gasteiger partial charge in [0, 0.05) is 29.1 Å². The maximum absolute atomic E-state index is 13.1. The topological polar surface area (TPSA) is 84.0 Å². The van der Waals surface area contributed by atoms with Crippen molar-refractivity contribution in [3.05, 3.63) is 87.7 Å². The zero-order valence-electron chi connectivity index (χ0n) is 15.5. The van der Waals surface area contributed by atoms with Crippen LogP contribution in [0.5, 0.6) is 0 Å². The molecule has 2 N–H and O–H groups in total. The summed E-state index contributed by atoms with van der Waals surface area (Å²) in [6.07, 6.45) is -2.25. The fraction of sp³-hybridized carbons (Fsp3) is 0.100. The van der Waals surface area contributed by atoms with E-state index in [0.29, 0.717) is 5.56 Å². The van der Waals surface area contributed by atoms with Crippen LogP contribution in [0.1, 0.15) is 32.1 Å². The smallest absolute Gasteiger partial charge is 0.347 e. The van der Waals surface area contributed by atoms with E-state index in [2.05, 4.69) is 36.5 Å². The Morgan fingerprint density at radius 1 is 0.935 bits per heavy atom. The summed E-state index contributed by atoms with van der Waals surface area (Å²) < 4.78 is 52.0. The van der Waals surface area contributed by atoms with Gasteiger partial charge in [0.05, 0.1) is 5.56 Å². The SMILES string of the molecule is O=C(NCc1ccc(F)cc1)c1nccnc1C(=O)Nc1ccc(Br)c(C(F)(F)F)c1. The largest absolute Gasteiger partial charge is 0.417 e. The number of hydrogen-bond donors (Lipinski definition) is 2. The Morgan fingerprint density at radius 2 is 1.55 bits per heavy atom. The maximum atomic E-state index is 13.1. The van der Waals surface area contributed by atoms with E-state index < -0.39 is 29.4 Å². The molecule has 160 valence electrons. The summed E-state index contributed by atoms with van der Waals surface area (Å²) in [5.74, 6) is -2.06. The standard InChI is InChI=1S/C20H13BrF4N4O2/c21-15-6-5-13(9-14(15)20(23,24)25)29-19(31)17-16(26-7-8-27-17)18(30)28-10-11-1-3-12(22)4-2-11/h1-9H,10H2,(H,28,30)(H,29,31). The molecule has 1 heterocycles. The highest BCUT2D eigenvalue weighted by atomic mass is 79.9. The van der Waals surface area contributed by atoms with Gasteiger partial charge in [0.1, 0.15) is 5.82 Å². The summed E-state index contributed by atoms with van der Waals surface area (Å²) >= 11 is 2.82. The number of nitrogens with one attached hydrogen (secondary N) is 2. The molecule has 0 saturated carbocycles. The Bertz CT molecular complexity index is 1120. The van der Waals surface area contributed by atoms with Crippen molar-refractivity contribution in [2.45, 2.75) is 12.7 Å². The van der Waals surface area contributed by atoms with Crippen molar-refractivity contribution in [3.8, 4) is 0 Å². The van der Waals surface area contributed by atoms with E-state index >= 15 is 0 Å². The van der Waals surface area contributed by atoms with E-state index in [1.54, 1.807) is 0 Å². The zero-order valence-corrected chi connectivity index (χ0v) is 17.1. The molecule has 2 amide bonds. The minimum atomic E-state index is -4.63. The van der Waals surface area contributed by atoms with E-state index in [4.69, 9.17) is 0 Å². The lowest BCUT2D eigenvalue weighted by Gasteiger charge is -2.12. The summed E-state index contributed by atoms with van der Waals surface area (Å²) in [6.45, 7) is 0.0401. The third-order valence-electron chi connectivity index (χ3n) is 4.02. The molecule has 0 radical (unpaired) electrons. The van der Waals surface area contributed by atoms with Crippen LogP contribution in [0.25, 0.3) is 0 Å². The van der Waals surface area contributed by atoms with Gasteiger partial charge < -0.3 is 10.6 Å². The molecule has 0 aliphatic rings. The Kier molecular flexibility index (Phi) is 6.64. The molecule has 2 aromatic carbocycles. The molecule has 0 fully saturated rings. The number of halogens is 5. The van der Waals surface area contributed by atoms with Gasteiger partial charge in [-0.3, -0.25) is 9.59 Å². The lowest BCUT2D eigenvalue weighted by atomic mass is 10.2. The van der Waals surface area contributed by atoms with Gasteiger partial charge in [-0.05, 0) is 35.9 Å².